The van der Waals surface area contributed by atoms with E-state index in [9.17, 15) is 4.79 Å². The van der Waals surface area contributed by atoms with Gasteiger partial charge in [0.2, 0.25) is 5.91 Å². The van der Waals surface area contributed by atoms with E-state index in [1.165, 1.54) is 5.56 Å². The third kappa shape index (κ3) is 6.08. The standard InChI is InChI=1S/C22H29N3O2/c1-27-21-10-6-5-9-20(21)11-12-23-22(26)18-25-15-13-24(14-16-25)17-19-7-3-2-4-8-19/h2-10H,11-18H2,1H3,(H,23,26). The number of ether oxygens (including phenoxy) is 1. The summed E-state index contributed by atoms with van der Waals surface area (Å²) in [5, 5.41) is 3.03. The zero-order valence-corrected chi connectivity index (χ0v) is 16.1. The molecule has 1 aliphatic heterocycles. The van der Waals surface area contributed by atoms with Crippen LogP contribution in [0.15, 0.2) is 54.6 Å². The molecule has 5 nitrogen and oxygen atoms in total. The Labute approximate surface area is 161 Å². The van der Waals surface area contributed by atoms with E-state index >= 15 is 0 Å². The molecular weight excluding hydrogens is 338 g/mol. The van der Waals surface area contributed by atoms with Gasteiger partial charge in [0.25, 0.3) is 0 Å². The fourth-order valence-electron chi connectivity index (χ4n) is 3.45. The Morgan fingerprint density at radius 1 is 0.963 bits per heavy atom. The molecule has 0 unspecified atom stereocenters. The monoisotopic (exact) mass is 367 g/mol. The third-order valence-electron chi connectivity index (χ3n) is 4.99. The number of piperazine rings is 1. The Morgan fingerprint density at radius 2 is 1.63 bits per heavy atom. The quantitative estimate of drug-likeness (QED) is 0.777. The summed E-state index contributed by atoms with van der Waals surface area (Å²) in [7, 11) is 1.68. The van der Waals surface area contributed by atoms with E-state index in [-0.39, 0.29) is 5.91 Å². The van der Waals surface area contributed by atoms with Gasteiger partial charge in [0.15, 0.2) is 0 Å². The molecule has 0 aromatic heterocycles. The molecule has 1 amide bonds. The van der Waals surface area contributed by atoms with Crippen LogP contribution in [0.25, 0.3) is 0 Å². The Balaban J connectivity index is 1.34. The number of methoxy groups -OCH3 is 1. The maximum atomic E-state index is 12.2. The predicted octanol–water partition coefficient (Wildman–Crippen LogP) is 2.17. The lowest BCUT2D eigenvalue weighted by atomic mass is 10.1. The maximum absolute atomic E-state index is 12.2. The van der Waals surface area contributed by atoms with Crippen molar-refractivity contribution in [2.24, 2.45) is 0 Å². The molecule has 144 valence electrons. The molecule has 2 aromatic carbocycles. The average Bonchev–Trinajstić information content (AvgIpc) is 2.71. The largest absolute Gasteiger partial charge is 0.496 e. The van der Waals surface area contributed by atoms with Crippen LogP contribution in [0.2, 0.25) is 0 Å². The Hall–Kier alpha value is -2.37. The number of carbonyl (C=O) groups is 1. The van der Waals surface area contributed by atoms with Crippen LogP contribution in [0.1, 0.15) is 11.1 Å². The Bertz CT molecular complexity index is 713. The fraction of sp³-hybridized carbons (Fsp3) is 0.409. The van der Waals surface area contributed by atoms with Crippen LogP contribution in [0.3, 0.4) is 0 Å². The van der Waals surface area contributed by atoms with Crippen LogP contribution >= 0.6 is 0 Å². The highest BCUT2D eigenvalue weighted by Crippen LogP contribution is 2.17. The van der Waals surface area contributed by atoms with E-state index < -0.39 is 0 Å². The normalized spacial score (nSPS) is 15.4. The molecule has 0 radical (unpaired) electrons. The Kier molecular flexibility index (Phi) is 7.25. The predicted molar refractivity (Wildman–Crippen MR) is 108 cm³/mol. The molecule has 3 rings (SSSR count). The van der Waals surface area contributed by atoms with Crippen LogP contribution < -0.4 is 10.1 Å². The molecule has 1 N–H and O–H groups in total. The van der Waals surface area contributed by atoms with Crippen molar-refractivity contribution in [3.8, 4) is 5.75 Å². The van der Waals surface area contributed by atoms with Crippen molar-refractivity contribution < 1.29 is 9.53 Å². The zero-order chi connectivity index (χ0) is 18.9. The van der Waals surface area contributed by atoms with Gasteiger partial charge in [-0.2, -0.15) is 0 Å². The van der Waals surface area contributed by atoms with Gasteiger partial charge in [-0.1, -0.05) is 48.5 Å². The van der Waals surface area contributed by atoms with Gasteiger partial charge >= 0.3 is 0 Å². The van der Waals surface area contributed by atoms with Crippen LogP contribution in [0.4, 0.5) is 0 Å². The van der Waals surface area contributed by atoms with Gasteiger partial charge in [0, 0.05) is 39.3 Å². The summed E-state index contributed by atoms with van der Waals surface area (Å²) in [6, 6.07) is 18.5. The topological polar surface area (TPSA) is 44.8 Å². The summed E-state index contributed by atoms with van der Waals surface area (Å²) in [5.41, 5.74) is 2.47. The molecular formula is C22H29N3O2. The van der Waals surface area contributed by atoms with Crippen molar-refractivity contribution in [3.63, 3.8) is 0 Å². The first-order valence-electron chi connectivity index (χ1n) is 9.62. The molecule has 2 aromatic rings. The molecule has 0 bridgehead atoms. The van der Waals surface area contributed by atoms with Gasteiger partial charge in [-0.25, -0.2) is 0 Å². The smallest absolute Gasteiger partial charge is 0.234 e. The lowest BCUT2D eigenvalue weighted by molar-refractivity contribution is -0.122. The minimum absolute atomic E-state index is 0.0985. The van der Waals surface area contributed by atoms with E-state index in [2.05, 4.69) is 39.4 Å². The second-order valence-electron chi connectivity index (χ2n) is 6.95. The van der Waals surface area contributed by atoms with Crippen LogP contribution in [0, 0.1) is 0 Å². The van der Waals surface area contributed by atoms with Crippen molar-refractivity contribution in [3.05, 3.63) is 65.7 Å². The minimum Gasteiger partial charge on any atom is -0.496 e. The summed E-state index contributed by atoms with van der Waals surface area (Å²) in [4.78, 5) is 16.9. The van der Waals surface area contributed by atoms with Gasteiger partial charge in [0.05, 0.1) is 13.7 Å². The lowest BCUT2D eigenvalue weighted by Crippen LogP contribution is -2.49. The van der Waals surface area contributed by atoms with Gasteiger partial charge in [-0.3, -0.25) is 14.6 Å². The molecule has 0 saturated carbocycles. The van der Waals surface area contributed by atoms with E-state index in [1.54, 1.807) is 7.11 Å². The molecule has 0 spiro atoms. The summed E-state index contributed by atoms with van der Waals surface area (Å²) in [5.74, 6) is 0.975. The molecule has 1 heterocycles. The number of carbonyl (C=O) groups excluding carboxylic acids is 1. The summed E-state index contributed by atoms with van der Waals surface area (Å²) in [6.07, 6.45) is 0.778. The molecule has 0 aliphatic carbocycles. The van der Waals surface area contributed by atoms with Crippen molar-refractivity contribution in [2.75, 3.05) is 46.4 Å². The maximum Gasteiger partial charge on any atom is 0.234 e. The number of nitrogens with one attached hydrogen (secondary N) is 1. The zero-order valence-electron chi connectivity index (χ0n) is 16.1. The van der Waals surface area contributed by atoms with Gasteiger partial charge in [-0.15, -0.1) is 0 Å². The van der Waals surface area contributed by atoms with Crippen molar-refractivity contribution in [1.82, 2.24) is 15.1 Å². The first-order chi connectivity index (χ1) is 13.2. The highest BCUT2D eigenvalue weighted by molar-refractivity contribution is 5.78. The summed E-state index contributed by atoms with van der Waals surface area (Å²) >= 11 is 0. The van der Waals surface area contributed by atoms with Crippen molar-refractivity contribution in [1.29, 1.82) is 0 Å². The molecule has 0 atom stereocenters. The second-order valence-corrected chi connectivity index (χ2v) is 6.95. The number of hydrogen-bond acceptors (Lipinski definition) is 4. The number of rotatable bonds is 8. The van der Waals surface area contributed by atoms with E-state index in [4.69, 9.17) is 4.74 Å². The van der Waals surface area contributed by atoms with Crippen LogP contribution in [0.5, 0.6) is 5.75 Å². The fourth-order valence-corrected chi connectivity index (χ4v) is 3.45. The minimum atomic E-state index is 0.0985. The highest BCUT2D eigenvalue weighted by Gasteiger charge is 2.18. The molecule has 1 aliphatic rings. The first kappa shape index (κ1) is 19.4. The van der Waals surface area contributed by atoms with Gasteiger partial charge in [0.1, 0.15) is 5.75 Å². The van der Waals surface area contributed by atoms with Gasteiger partial charge in [-0.05, 0) is 23.6 Å². The second kappa shape index (κ2) is 10.1. The molecule has 27 heavy (non-hydrogen) atoms. The number of benzene rings is 2. The average molecular weight is 367 g/mol. The number of nitrogens with zero attached hydrogens (tertiary/aromatic N) is 2. The van der Waals surface area contributed by atoms with Crippen LogP contribution in [-0.4, -0.2) is 62.1 Å². The van der Waals surface area contributed by atoms with E-state index in [0.717, 1.165) is 50.5 Å². The highest BCUT2D eigenvalue weighted by atomic mass is 16.5. The molecule has 1 fully saturated rings. The third-order valence-corrected chi connectivity index (χ3v) is 4.99. The number of hydrogen-bond donors (Lipinski definition) is 1. The Morgan fingerprint density at radius 3 is 2.37 bits per heavy atom. The van der Waals surface area contributed by atoms with Crippen molar-refractivity contribution in [2.45, 2.75) is 13.0 Å². The van der Waals surface area contributed by atoms with E-state index in [1.807, 2.05) is 30.3 Å². The number of para-hydroxylation sites is 1. The summed E-state index contributed by atoms with van der Waals surface area (Å²) in [6.45, 7) is 5.98. The first-order valence-corrected chi connectivity index (χ1v) is 9.62. The number of amides is 1. The van der Waals surface area contributed by atoms with Crippen LogP contribution in [-0.2, 0) is 17.8 Å². The van der Waals surface area contributed by atoms with Gasteiger partial charge < -0.3 is 10.1 Å². The van der Waals surface area contributed by atoms with E-state index in [0.29, 0.717) is 13.1 Å². The lowest BCUT2D eigenvalue weighted by Gasteiger charge is -2.34. The summed E-state index contributed by atoms with van der Waals surface area (Å²) < 4.78 is 5.35. The van der Waals surface area contributed by atoms with Crippen molar-refractivity contribution >= 4 is 5.91 Å². The molecule has 5 heteroatoms. The SMILES string of the molecule is COc1ccccc1CCNC(=O)CN1CCN(Cc2ccccc2)CC1. The molecule has 1 saturated heterocycles.